The first-order chi connectivity index (χ1) is 14.1. The largest absolute Gasteiger partial charge is 0.486 e. The summed E-state index contributed by atoms with van der Waals surface area (Å²) >= 11 is 6.24. The molecule has 0 N–H and O–H groups in total. The van der Waals surface area contributed by atoms with Crippen LogP contribution in [0.25, 0.3) is 6.08 Å². The third-order valence-corrected chi connectivity index (χ3v) is 5.80. The Kier molecular flexibility index (Phi) is 6.25. The zero-order chi connectivity index (χ0) is 20.2. The van der Waals surface area contributed by atoms with Crippen LogP contribution in [0.3, 0.4) is 0 Å². The van der Waals surface area contributed by atoms with E-state index in [1.54, 1.807) is 23.1 Å². The average Bonchev–Trinajstić information content (AvgIpc) is 2.78. The number of amides is 2. The predicted octanol–water partition coefficient (Wildman–Crippen LogP) is 2.22. The Morgan fingerprint density at radius 3 is 2.45 bits per heavy atom. The van der Waals surface area contributed by atoms with Crippen molar-refractivity contribution >= 4 is 29.5 Å². The summed E-state index contributed by atoms with van der Waals surface area (Å²) in [7, 11) is 0. The predicted molar refractivity (Wildman–Crippen MR) is 108 cm³/mol. The van der Waals surface area contributed by atoms with Gasteiger partial charge in [-0.15, -0.1) is 0 Å². The molecule has 0 bridgehead atoms. The molecule has 2 saturated heterocycles. The van der Waals surface area contributed by atoms with Crippen molar-refractivity contribution in [1.82, 2.24) is 9.80 Å². The van der Waals surface area contributed by atoms with Crippen molar-refractivity contribution in [2.75, 3.05) is 52.6 Å². The van der Waals surface area contributed by atoms with E-state index in [0.29, 0.717) is 82.0 Å². The average molecular weight is 421 g/mol. The maximum Gasteiger partial charge on any atom is 0.246 e. The van der Waals surface area contributed by atoms with Gasteiger partial charge >= 0.3 is 0 Å². The van der Waals surface area contributed by atoms with Gasteiger partial charge in [0.05, 0.1) is 18.2 Å². The van der Waals surface area contributed by atoms with Crippen LogP contribution in [0.1, 0.15) is 18.4 Å². The van der Waals surface area contributed by atoms with Gasteiger partial charge in [0.25, 0.3) is 0 Å². The molecule has 0 atom stereocenters. The summed E-state index contributed by atoms with van der Waals surface area (Å²) in [6.45, 7) is 4.68. The minimum absolute atomic E-state index is 0.00210. The number of likely N-dealkylation sites (tertiary alicyclic amines) is 1. The zero-order valence-corrected chi connectivity index (χ0v) is 17.0. The van der Waals surface area contributed by atoms with E-state index >= 15 is 0 Å². The highest BCUT2D eigenvalue weighted by molar-refractivity contribution is 6.32. The Morgan fingerprint density at radius 1 is 0.966 bits per heavy atom. The molecule has 156 valence electrons. The van der Waals surface area contributed by atoms with E-state index in [0.717, 1.165) is 5.56 Å². The second-order valence-electron chi connectivity index (χ2n) is 7.40. The van der Waals surface area contributed by atoms with Crippen LogP contribution < -0.4 is 9.47 Å². The molecule has 0 saturated carbocycles. The monoisotopic (exact) mass is 420 g/mol. The highest BCUT2D eigenvalue weighted by Crippen LogP contribution is 2.38. The van der Waals surface area contributed by atoms with E-state index in [-0.39, 0.29) is 17.7 Å². The first-order valence-electron chi connectivity index (χ1n) is 10.0. The number of carbonyl (C=O) groups excluding carboxylic acids is 2. The number of benzene rings is 1. The first kappa shape index (κ1) is 20.0. The van der Waals surface area contributed by atoms with E-state index in [9.17, 15) is 9.59 Å². The molecule has 0 unspecified atom stereocenters. The van der Waals surface area contributed by atoms with Gasteiger partial charge in [0, 0.05) is 38.2 Å². The molecule has 3 aliphatic rings. The maximum absolute atomic E-state index is 12.6. The molecule has 1 aromatic rings. The van der Waals surface area contributed by atoms with E-state index < -0.39 is 0 Å². The number of carbonyl (C=O) groups is 2. The van der Waals surface area contributed by atoms with Crippen LogP contribution in [0.5, 0.6) is 11.5 Å². The molecule has 0 spiro atoms. The molecule has 3 aliphatic heterocycles. The maximum atomic E-state index is 12.6. The summed E-state index contributed by atoms with van der Waals surface area (Å²) in [6.07, 6.45) is 4.68. The van der Waals surface area contributed by atoms with Crippen molar-refractivity contribution < 1.29 is 23.8 Å². The van der Waals surface area contributed by atoms with Crippen LogP contribution in [0.4, 0.5) is 0 Å². The van der Waals surface area contributed by atoms with Crippen molar-refractivity contribution in [3.63, 3.8) is 0 Å². The Bertz CT molecular complexity index is 799. The van der Waals surface area contributed by atoms with E-state index in [4.69, 9.17) is 25.8 Å². The lowest BCUT2D eigenvalue weighted by molar-refractivity contribution is -0.142. The van der Waals surface area contributed by atoms with E-state index in [1.165, 1.54) is 0 Å². The summed E-state index contributed by atoms with van der Waals surface area (Å²) in [5, 5.41) is 0.469. The van der Waals surface area contributed by atoms with Gasteiger partial charge in [0.15, 0.2) is 11.5 Å². The lowest BCUT2D eigenvalue weighted by Gasteiger charge is -2.35. The Balaban J connectivity index is 1.32. The number of ether oxygens (including phenoxy) is 3. The summed E-state index contributed by atoms with van der Waals surface area (Å²) in [4.78, 5) is 28.8. The Morgan fingerprint density at radius 2 is 1.69 bits per heavy atom. The second-order valence-corrected chi connectivity index (χ2v) is 7.80. The lowest BCUT2D eigenvalue weighted by atomic mass is 9.95. The van der Waals surface area contributed by atoms with Gasteiger partial charge in [-0.05, 0) is 36.6 Å². The van der Waals surface area contributed by atoms with Crippen molar-refractivity contribution in [3.05, 3.63) is 28.8 Å². The highest BCUT2D eigenvalue weighted by atomic mass is 35.5. The highest BCUT2D eigenvalue weighted by Gasteiger charge is 2.30. The van der Waals surface area contributed by atoms with E-state index in [2.05, 4.69) is 0 Å². The van der Waals surface area contributed by atoms with Crippen LogP contribution in [0.2, 0.25) is 5.02 Å². The molecule has 0 aliphatic carbocycles. The molecule has 3 heterocycles. The van der Waals surface area contributed by atoms with Gasteiger partial charge < -0.3 is 24.0 Å². The number of rotatable bonds is 3. The molecular formula is C21H25ClN2O5. The van der Waals surface area contributed by atoms with Crippen LogP contribution in [0, 0.1) is 5.92 Å². The minimum Gasteiger partial charge on any atom is -0.486 e. The fraction of sp³-hybridized carbons (Fsp3) is 0.524. The Labute approximate surface area is 175 Å². The summed E-state index contributed by atoms with van der Waals surface area (Å²) in [6, 6.07) is 3.57. The SMILES string of the molecule is O=C(C=Cc1cc(Cl)c2c(c1)OCCO2)N1CCC(C(=O)N2CCOCC2)CC1. The molecule has 8 heteroatoms. The van der Waals surface area contributed by atoms with Crippen LogP contribution in [-0.2, 0) is 14.3 Å². The van der Waals surface area contributed by atoms with Gasteiger partial charge in [-0.1, -0.05) is 11.6 Å². The standard InChI is InChI=1S/C21H25ClN2O5/c22-17-13-15(14-18-20(17)29-12-11-28-18)1-2-19(25)23-5-3-16(4-6-23)21(26)24-7-9-27-10-8-24/h1-2,13-14,16H,3-12H2. The summed E-state index contributed by atoms with van der Waals surface area (Å²) < 4.78 is 16.4. The van der Waals surface area contributed by atoms with Crippen molar-refractivity contribution in [2.45, 2.75) is 12.8 Å². The molecule has 2 fully saturated rings. The number of hydrogen-bond donors (Lipinski definition) is 0. The van der Waals surface area contributed by atoms with Crippen molar-refractivity contribution in [2.24, 2.45) is 5.92 Å². The number of piperidine rings is 1. The second kappa shape index (κ2) is 9.05. The van der Waals surface area contributed by atoms with Crippen molar-refractivity contribution in [3.8, 4) is 11.5 Å². The molecular weight excluding hydrogens is 396 g/mol. The third kappa shape index (κ3) is 4.67. The Hall–Kier alpha value is -2.25. The normalized spacial score (nSPS) is 20.2. The third-order valence-electron chi connectivity index (χ3n) is 5.52. The van der Waals surface area contributed by atoms with Gasteiger partial charge in [-0.2, -0.15) is 0 Å². The van der Waals surface area contributed by atoms with Crippen LogP contribution >= 0.6 is 11.6 Å². The smallest absolute Gasteiger partial charge is 0.246 e. The molecule has 29 heavy (non-hydrogen) atoms. The van der Waals surface area contributed by atoms with Crippen molar-refractivity contribution in [1.29, 1.82) is 0 Å². The first-order valence-corrected chi connectivity index (χ1v) is 10.4. The van der Waals surface area contributed by atoms with Gasteiger partial charge in [-0.25, -0.2) is 0 Å². The number of morpholine rings is 1. The fourth-order valence-electron chi connectivity index (χ4n) is 3.89. The topological polar surface area (TPSA) is 68.3 Å². The molecule has 7 nitrogen and oxygen atoms in total. The van der Waals surface area contributed by atoms with Gasteiger partial charge in [-0.3, -0.25) is 9.59 Å². The summed E-state index contributed by atoms with van der Waals surface area (Å²) in [5.41, 5.74) is 0.782. The fourth-order valence-corrected chi connectivity index (χ4v) is 4.16. The molecule has 2 amide bonds. The molecule has 4 rings (SSSR count). The van der Waals surface area contributed by atoms with Gasteiger partial charge in [0.1, 0.15) is 13.2 Å². The number of fused-ring (bicyclic) bond motifs is 1. The quantitative estimate of drug-likeness (QED) is 0.701. The molecule has 0 aromatic heterocycles. The molecule has 1 aromatic carbocycles. The lowest BCUT2D eigenvalue weighted by Crippen LogP contribution is -2.47. The van der Waals surface area contributed by atoms with Crippen LogP contribution in [0.15, 0.2) is 18.2 Å². The number of halogens is 1. The number of nitrogens with zero attached hydrogens (tertiary/aromatic N) is 2. The van der Waals surface area contributed by atoms with Crippen LogP contribution in [-0.4, -0.2) is 74.2 Å². The number of hydrogen-bond acceptors (Lipinski definition) is 5. The minimum atomic E-state index is -0.0618. The van der Waals surface area contributed by atoms with Gasteiger partial charge in [0.2, 0.25) is 11.8 Å². The molecule has 0 radical (unpaired) electrons. The zero-order valence-electron chi connectivity index (χ0n) is 16.3. The van der Waals surface area contributed by atoms with E-state index in [1.807, 2.05) is 11.0 Å². The summed E-state index contributed by atoms with van der Waals surface area (Å²) in [5.74, 6) is 1.28.